The van der Waals surface area contributed by atoms with Gasteiger partial charge in [0.1, 0.15) is 11.9 Å². The number of aryl methyl sites for hydroxylation is 1. The molecule has 3 heterocycles. The summed E-state index contributed by atoms with van der Waals surface area (Å²) in [6, 6.07) is 5.26. The van der Waals surface area contributed by atoms with Crippen LogP contribution in [0.25, 0.3) is 11.2 Å². The number of nitrogen functional groups attached to an aromatic ring is 1. The molecule has 0 fully saturated rings. The van der Waals surface area contributed by atoms with E-state index in [0.717, 1.165) is 0 Å². The predicted octanol–water partition coefficient (Wildman–Crippen LogP) is 2.43. The maximum atomic E-state index is 12.3. The molecule has 8 nitrogen and oxygen atoms in total. The van der Waals surface area contributed by atoms with E-state index in [1.165, 1.54) is 0 Å². The molecule has 0 unspecified atom stereocenters. The van der Waals surface area contributed by atoms with Crippen LogP contribution in [0.15, 0.2) is 16.8 Å². The van der Waals surface area contributed by atoms with Gasteiger partial charge in [-0.2, -0.15) is 5.26 Å². The van der Waals surface area contributed by atoms with Gasteiger partial charge in [0.15, 0.2) is 5.52 Å². The van der Waals surface area contributed by atoms with Crippen LogP contribution in [0.5, 0.6) is 0 Å². The molecule has 0 aliphatic carbocycles. The Morgan fingerprint density at radius 3 is 2.85 bits per heavy atom. The van der Waals surface area contributed by atoms with Crippen LogP contribution < -0.4 is 11.1 Å². The molecule has 0 bridgehead atoms. The number of alkyl halides is 2. The highest BCUT2D eigenvalue weighted by molar-refractivity contribution is 5.85. The zero-order valence-electron chi connectivity index (χ0n) is 13.8. The molecule has 0 radical (unpaired) electrons. The Morgan fingerprint density at radius 1 is 1.31 bits per heavy atom. The number of pyridine rings is 2. The van der Waals surface area contributed by atoms with E-state index in [1.54, 1.807) is 19.1 Å². The average molecular weight is 359 g/mol. The molecule has 0 saturated heterocycles. The van der Waals surface area contributed by atoms with E-state index in [4.69, 9.17) is 11.0 Å². The summed E-state index contributed by atoms with van der Waals surface area (Å²) in [5, 5.41) is 19.4. The number of fused-ring (bicyclic) bond motifs is 1. The molecule has 3 aromatic rings. The largest absolute Gasteiger partial charge is 0.396 e. The van der Waals surface area contributed by atoms with Crippen molar-refractivity contribution in [3.63, 3.8) is 0 Å². The van der Waals surface area contributed by atoms with E-state index in [1.807, 2.05) is 6.07 Å². The minimum Gasteiger partial charge on any atom is -0.396 e. The van der Waals surface area contributed by atoms with E-state index in [-0.39, 0.29) is 24.3 Å². The van der Waals surface area contributed by atoms with Crippen LogP contribution >= 0.6 is 0 Å². The molecule has 134 valence electrons. The molecule has 3 N–H and O–H groups in total. The molecule has 0 aromatic carbocycles. The van der Waals surface area contributed by atoms with E-state index in [9.17, 15) is 8.78 Å². The van der Waals surface area contributed by atoms with Crippen molar-refractivity contribution < 1.29 is 13.4 Å². The molecule has 0 aliphatic heterocycles. The fourth-order valence-electron chi connectivity index (χ4n) is 2.52. The van der Waals surface area contributed by atoms with Crippen molar-refractivity contribution in [2.75, 3.05) is 17.6 Å². The minimum atomic E-state index is -2.42. The first-order chi connectivity index (χ1) is 12.5. The van der Waals surface area contributed by atoms with Crippen LogP contribution in [0.3, 0.4) is 0 Å². The molecular weight excluding hydrogens is 344 g/mol. The number of aromatic nitrogens is 4. The summed E-state index contributed by atoms with van der Waals surface area (Å²) in [5.41, 5.74) is 9.48. The third-order valence-electron chi connectivity index (χ3n) is 3.85. The van der Waals surface area contributed by atoms with Crippen molar-refractivity contribution >= 4 is 22.7 Å². The second-order valence-corrected chi connectivity index (χ2v) is 5.62. The standard InChI is InChI=1S/C16H15F2N7O/c1-8-11(13(20)14-16(22-8)25-26-24-14)6-10-3-2-9(7-19)15(23-10)21-5-4-12(17)18/h2-3,12H,4-6,20H2,1H3,(H,21,23). The quantitative estimate of drug-likeness (QED) is 0.687. The van der Waals surface area contributed by atoms with Gasteiger partial charge in [-0.25, -0.2) is 23.4 Å². The van der Waals surface area contributed by atoms with Crippen molar-refractivity contribution in [2.24, 2.45) is 0 Å². The molecule has 26 heavy (non-hydrogen) atoms. The lowest BCUT2D eigenvalue weighted by Gasteiger charge is -2.11. The molecule has 3 rings (SSSR count). The van der Waals surface area contributed by atoms with Crippen LogP contribution in [0.4, 0.5) is 20.3 Å². The normalized spacial score (nSPS) is 11.0. The summed E-state index contributed by atoms with van der Waals surface area (Å²) in [5.74, 6) is 0.263. The highest BCUT2D eigenvalue weighted by Crippen LogP contribution is 2.26. The predicted molar refractivity (Wildman–Crippen MR) is 89.6 cm³/mol. The van der Waals surface area contributed by atoms with Crippen molar-refractivity contribution in [1.82, 2.24) is 20.3 Å². The van der Waals surface area contributed by atoms with Gasteiger partial charge in [0, 0.05) is 36.3 Å². The van der Waals surface area contributed by atoms with Crippen molar-refractivity contribution in [2.45, 2.75) is 26.2 Å². The van der Waals surface area contributed by atoms with Crippen LogP contribution in [-0.2, 0) is 6.42 Å². The van der Waals surface area contributed by atoms with Crippen LogP contribution in [0.2, 0.25) is 0 Å². The number of nitrogens with one attached hydrogen (secondary N) is 1. The lowest BCUT2D eigenvalue weighted by molar-refractivity contribution is 0.142. The number of nitrogens with zero attached hydrogens (tertiary/aromatic N) is 5. The van der Waals surface area contributed by atoms with E-state index in [2.05, 4.69) is 30.2 Å². The van der Waals surface area contributed by atoms with Crippen LogP contribution in [0.1, 0.15) is 28.9 Å². The first-order valence-electron chi connectivity index (χ1n) is 7.79. The summed E-state index contributed by atoms with van der Waals surface area (Å²) < 4.78 is 29.3. The summed E-state index contributed by atoms with van der Waals surface area (Å²) >= 11 is 0. The number of hydrogen-bond donors (Lipinski definition) is 2. The van der Waals surface area contributed by atoms with E-state index in [0.29, 0.717) is 40.2 Å². The Labute approximate surface area is 147 Å². The fourth-order valence-corrected chi connectivity index (χ4v) is 2.52. The van der Waals surface area contributed by atoms with Gasteiger partial charge in [-0.15, -0.1) is 0 Å². The minimum absolute atomic E-state index is 0.0160. The smallest absolute Gasteiger partial charge is 0.240 e. The maximum absolute atomic E-state index is 12.3. The zero-order valence-corrected chi connectivity index (χ0v) is 13.8. The highest BCUT2D eigenvalue weighted by Gasteiger charge is 2.16. The lowest BCUT2D eigenvalue weighted by Crippen LogP contribution is -2.10. The van der Waals surface area contributed by atoms with Gasteiger partial charge in [0.2, 0.25) is 12.1 Å². The molecule has 0 amide bonds. The first-order valence-corrected chi connectivity index (χ1v) is 7.79. The Kier molecular flexibility index (Phi) is 4.88. The summed E-state index contributed by atoms with van der Waals surface area (Å²) in [6.07, 6.45) is -2.42. The monoisotopic (exact) mass is 359 g/mol. The molecule has 0 aliphatic rings. The van der Waals surface area contributed by atoms with E-state index >= 15 is 0 Å². The highest BCUT2D eigenvalue weighted by atomic mass is 19.3. The Bertz CT molecular complexity index is 981. The van der Waals surface area contributed by atoms with Gasteiger partial charge >= 0.3 is 0 Å². The van der Waals surface area contributed by atoms with Crippen molar-refractivity contribution in [1.29, 1.82) is 5.26 Å². The lowest BCUT2D eigenvalue weighted by atomic mass is 10.0. The summed E-state index contributed by atoms with van der Waals surface area (Å²) in [6.45, 7) is 1.80. The number of nitriles is 1. The van der Waals surface area contributed by atoms with Crippen LogP contribution in [0, 0.1) is 18.3 Å². The van der Waals surface area contributed by atoms with Crippen LogP contribution in [-0.4, -0.2) is 33.3 Å². The molecule has 10 heteroatoms. The van der Waals surface area contributed by atoms with Gasteiger partial charge in [-0.3, -0.25) is 0 Å². The number of nitrogens with two attached hydrogens (primary N) is 1. The maximum Gasteiger partial charge on any atom is 0.240 e. The van der Waals surface area contributed by atoms with Gasteiger partial charge in [0.05, 0.1) is 11.3 Å². The molecule has 0 atom stereocenters. The molecular formula is C16H15F2N7O. The first kappa shape index (κ1) is 17.5. The number of halogens is 2. The third-order valence-corrected chi connectivity index (χ3v) is 3.85. The second-order valence-electron chi connectivity index (χ2n) is 5.62. The third kappa shape index (κ3) is 3.51. The molecule has 3 aromatic heterocycles. The van der Waals surface area contributed by atoms with Gasteiger partial charge in [-0.1, -0.05) is 0 Å². The van der Waals surface area contributed by atoms with E-state index < -0.39 is 6.43 Å². The number of rotatable bonds is 6. The summed E-state index contributed by atoms with van der Waals surface area (Å²) in [7, 11) is 0. The van der Waals surface area contributed by atoms with Crippen molar-refractivity contribution in [3.8, 4) is 6.07 Å². The second kappa shape index (κ2) is 7.26. The van der Waals surface area contributed by atoms with Gasteiger partial charge < -0.3 is 11.1 Å². The van der Waals surface area contributed by atoms with Gasteiger partial charge in [-0.05, 0) is 29.4 Å². The van der Waals surface area contributed by atoms with Crippen molar-refractivity contribution in [3.05, 3.63) is 34.6 Å². The molecule has 0 spiro atoms. The molecule has 0 saturated carbocycles. The summed E-state index contributed by atoms with van der Waals surface area (Å²) in [4.78, 5) is 8.66. The average Bonchev–Trinajstić information content (AvgIpc) is 3.07. The number of hydrogen-bond acceptors (Lipinski definition) is 8. The Morgan fingerprint density at radius 2 is 2.12 bits per heavy atom. The Hall–Kier alpha value is -3.35. The topological polar surface area (TPSA) is 127 Å². The Balaban J connectivity index is 1.89. The van der Waals surface area contributed by atoms with Gasteiger partial charge in [0.25, 0.3) is 0 Å². The zero-order chi connectivity index (χ0) is 18.7. The number of anilines is 2. The SMILES string of the molecule is Cc1nc2nonc2c(N)c1Cc1ccc(C#N)c(NCCC(F)F)n1. The fraction of sp³-hybridized carbons (Fsp3) is 0.312.